The Balaban J connectivity index is 1.64. The van der Waals surface area contributed by atoms with Crippen LogP contribution in [0.3, 0.4) is 0 Å². The van der Waals surface area contributed by atoms with Gasteiger partial charge >= 0.3 is 0 Å². The molecule has 0 radical (unpaired) electrons. The van der Waals surface area contributed by atoms with Crippen LogP contribution in [0.1, 0.15) is 12.1 Å². The molecular weight excluding hydrogens is 385 g/mol. The van der Waals surface area contributed by atoms with E-state index in [1.54, 1.807) is 24.4 Å². The largest absolute Gasteiger partial charge is 0.484 e. The van der Waals surface area contributed by atoms with Gasteiger partial charge in [0.2, 0.25) is 5.91 Å². The van der Waals surface area contributed by atoms with Crippen LogP contribution in [0.4, 0.5) is 4.39 Å². The topological polar surface area (TPSA) is 80.3 Å². The average molecular weight is 404 g/mol. The number of aromatic nitrogens is 1. The molecule has 0 spiro atoms. The Hall–Kier alpha value is -3.19. The number of nitrogens with zero attached hydrogens (tertiary/aromatic N) is 1. The predicted octanol–water partition coefficient (Wildman–Crippen LogP) is 3.10. The summed E-state index contributed by atoms with van der Waals surface area (Å²) in [6.07, 6.45) is 4.92. The fourth-order valence-corrected chi connectivity index (χ4v) is 2.15. The molecule has 1 heterocycles. The van der Waals surface area contributed by atoms with Crippen molar-refractivity contribution >= 4 is 29.5 Å². The average Bonchev–Trinajstić information content (AvgIpc) is 2.68. The first-order chi connectivity index (χ1) is 13.4. The molecular formula is C20H19ClFN3O3. The smallest absolute Gasteiger partial charge is 0.257 e. The first-order valence-corrected chi connectivity index (χ1v) is 8.74. The van der Waals surface area contributed by atoms with Crippen LogP contribution in [0.15, 0.2) is 60.9 Å². The van der Waals surface area contributed by atoms with Gasteiger partial charge in [0.05, 0.1) is 10.7 Å². The molecule has 0 saturated carbocycles. The summed E-state index contributed by atoms with van der Waals surface area (Å²) < 4.78 is 18.5. The van der Waals surface area contributed by atoms with E-state index in [0.29, 0.717) is 17.8 Å². The SMILES string of the molecule is C=C(CCNC(=O)COc1ccc(Cl)c(F)c1)NC(=O)/C=C/c1ccccn1. The molecule has 0 fully saturated rings. The van der Waals surface area contributed by atoms with Crippen molar-refractivity contribution in [3.8, 4) is 5.75 Å². The highest BCUT2D eigenvalue weighted by atomic mass is 35.5. The number of benzene rings is 1. The lowest BCUT2D eigenvalue weighted by Crippen LogP contribution is -2.31. The van der Waals surface area contributed by atoms with Gasteiger partial charge < -0.3 is 15.4 Å². The molecule has 6 nitrogen and oxygen atoms in total. The van der Waals surface area contributed by atoms with E-state index in [2.05, 4.69) is 22.2 Å². The van der Waals surface area contributed by atoms with Gasteiger partial charge in [0.25, 0.3) is 5.91 Å². The van der Waals surface area contributed by atoms with Gasteiger partial charge in [-0.15, -0.1) is 0 Å². The molecule has 2 rings (SSSR count). The van der Waals surface area contributed by atoms with Gasteiger partial charge in [-0.2, -0.15) is 0 Å². The monoisotopic (exact) mass is 403 g/mol. The van der Waals surface area contributed by atoms with Gasteiger partial charge in [-0.3, -0.25) is 14.6 Å². The number of hydrogen-bond acceptors (Lipinski definition) is 4. The summed E-state index contributed by atoms with van der Waals surface area (Å²) >= 11 is 5.57. The van der Waals surface area contributed by atoms with Crippen LogP contribution in [0.2, 0.25) is 5.02 Å². The van der Waals surface area contributed by atoms with Crippen molar-refractivity contribution in [2.24, 2.45) is 0 Å². The molecule has 0 aliphatic heterocycles. The van der Waals surface area contributed by atoms with Crippen molar-refractivity contribution in [3.05, 3.63) is 77.5 Å². The van der Waals surface area contributed by atoms with E-state index < -0.39 is 5.82 Å². The summed E-state index contributed by atoms with van der Waals surface area (Å²) in [4.78, 5) is 27.6. The molecule has 0 bridgehead atoms. The minimum atomic E-state index is -0.622. The van der Waals surface area contributed by atoms with E-state index in [-0.39, 0.29) is 35.7 Å². The van der Waals surface area contributed by atoms with Gasteiger partial charge in [-0.25, -0.2) is 4.39 Å². The van der Waals surface area contributed by atoms with Crippen LogP contribution < -0.4 is 15.4 Å². The maximum atomic E-state index is 13.3. The molecule has 0 aliphatic carbocycles. The lowest BCUT2D eigenvalue weighted by atomic mass is 10.3. The molecule has 1 aromatic heterocycles. The number of hydrogen-bond donors (Lipinski definition) is 2. The molecule has 1 aromatic carbocycles. The number of rotatable bonds is 9. The zero-order chi connectivity index (χ0) is 20.4. The number of nitrogens with one attached hydrogen (secondary N) is 2. The van der Waals surface area contributed by atoms with E-state index in [1.807, 2.05) is 6.07 Å². The summed E-state index contributed by atoms with van der Waals surface area (Å²) in [5.74, 6) is -1.14. The van der Waals surface area contributed by atoms with Gasteiger partial charge in [-0.1, -0.05) is 24.2 Å². The van der Waals surface area contributed by atoms with Crippen molar-refractivity contribution in [1.29, 1.82) is 0 Å². The van der Waals surface area contributed by atoms with Gasteiger partial charge in [-0.05, 0) is 30.3 Å². The maximum Gasteiger partial charge on any atom is 0.257 e. The van der Waals surface area contributed by atoms with Crippen LogP contribution in [0.5, 0.6) is 5.75 Å². The van der Waals surface area contributed by atoms with Gasteiger partial charge in [0.15, 0.2) is 6.61 Å². The third-order valence-electron chi connectivity index (χ3n) is 3.40. The Morgan fingerprint density at radius 3 is 2.82 bits per heavy atom. The Labute approximate surface area is 167 Å². The number of ether oxygens (including phenoxy) is 1. The zero-order valence-corrected chi connectivity index (χ0v) is 15.7. The molecule has 2 N–H and O–H groups in total. The Kier molecular flexibility index (Phi) is 8.17. The van der Waals surface area contributed by atoms with Gasteiger partial charge in [0, 0.05) is 37.0 Å². The molecule has 8 heteroatoms. The number of halogens is 2. The van der Waals surface area contributed by atoms with Crippen molar-refractivity contribution in [2.75, 3.05) is 13.2 Å². The van der Waals surface area contributed by atoms with Crippen LogP contribution in [-0.4, -0.2) is 29.9 Å². The number of amides is 2. The number of carbonyl (C=O) groups excluding carboxylic acids is 2. The second kappa shape index (κ2) is 10.8. The fourth-order valence-electron chi connectivity index (χ4n) is 2.03. The lowest BCUT2D eigenvalue weighted by molar-refractivity contribution is -0.123. The molecule has 2 aromatic rings. The molecule has 0 saturated heterocycles. The summed E-state index contributed by atoms with van der Waals surface area (Å²) in [6, 6.07) is 9.29. The van der Waals surface area contributed by atoms with Crippen molar-refractivity contribution in [3.63, 3.8) is 0 Å². The standard InChI is InChI=1S/C20H19ClFN3O3/c1-14(25-19(26)8-5-15-4-2-3-10-23-15)9-11-24-20(27)13-28-16-6-7-17(21)18(22)12-16/h2-8,10,12H,1,9,11,13H2,(H,24,27)(H,25,26)/b8-5+. The van der Waals surface area contributed by atoms with E-state index in [0.717, 1.165) is 6.07 Å². The molecule has 0 unspecified atom stereocenters. The molecule has 0 atom stereocenters. The Bertz CT molecular complexity index is 872. The first kappa shape index (κ1) is 21.1. The van der Waals surface area contributed by atoms with Crippen LogP contribution in [0, 0.1) is 5.82 Å². The number of carbonyl (C=O) groups is 2. The predicted molar refractivity (Wildman–Crippen MR) is 105 cm³/mol. The lowest BCUT2D eigenvalue weighted by Gasteiger charge is -2.09. The van der Waals surface area contributed by atoms with Crippen LogP contribution >= 0.6 is 11.6 Å². The summed E-state index contributed by atoms with van der Waals surface area (Å²) in [5.41, 5.74) is 1.12. The van der Waals surface area contributed by atoms with E-state index in [1.165, 1.54) is 18.2 Å². The molecule has 0 aliphatic rings. The van der Waals surface area contributed by atoms with E-state index >= 15 is 0 Å². The van der Waals surface area contributed by atoms with Crippen molar-refractivity contribution in [2.45, 2.75) is 6.42 Å². The second-order valence-electron chi connectivity index (χ2n) is 5.65. The second-order valence-corrected chi connectivity index (χ2v) is 6.05. The van der Waals surface area contributed by atoms with Crippen molar-refractivity contribution in [1.82, 2.24) is 15.6 Å². The van der Waals surface area contributed by atoms with Crippen LogP contribution in [-0.2, 0) is 9.59 Å². The van der Waals surface area contributed by atoms with E-state index in [4.69, 9.17) is 16.3 Å². The number of pyridine rings is 1. The maximum absolute atomic E-state index is 13.3. The minimum absolute atomic E-state index is 0.0211. The molecule has 146 valence electrons. The normalized spacial score (nSPS) is 10.5. The van der Waals surface area contributed by atoms with E-state index in [9.17, 15) is 14.0 Å². The van der Waals surface area contributed by atoms with Crippen molar-refractivity contribution < 1.29 is 18.7 Å². The summed E-state index contributed by atoms with van der Waals surface area (Å²) in [7, 11) is 0. The summed E-state index contributed by atoms with van der Waals surface area (Å²) in [6.45, 7) is 3.73. The highest BCUT2D eigenvalue weighted by Crippen LogP contribution is 2.20. The zero-order valence-electron chi connectivity index (χ0n) is 15.0. The fraction of sp³-hybridized carbons (Fsp3) is 0.150. The third kappa shape index (κ3) is 7.59. The Morgan fingerprint density at radius 1 is 1.29 bits per heavy atom. The highest BCUT2D eigenvalue weighted by Gasteiger charge is 2.06. The third-order valence-corrected chi connectivity index (χ3v) is 3.71. The molecule has 2 amide bonds. The molecule has 28 heavy (non-hydrogen) atoms. The quantitative estimate of drug-likeness (QED) is 0.630. The Morgan fingerprint density at radius 2 is 2.11 bits per heavy atom. The van der Waals surface area contributed by atoms with Gasteiger partial charge in [0.1, 0.15) is 11.6 Å². The summed E-state index contributed by atoms with van der Waals surface area (Å²) in [5, 5.41) is 5.20. The highest BCUT2D eigenvalue weighted by molar-refractivity contribution is 6.30. The minimum Gasteiger partial charge on any atom is -0.484 e. The first-order valence-electron chi connectivity index (χ1n) is 8.36. The van der Waals surface area contributed by atoms with Crippen LogP contribution in [0.25, 0.3) is 6.08 Å².